The predicted molar refractivity (Wildman–Crippen MR) is 102 cm³/mol. The zero-order chi connectivity index (χ0) is 19.4. The summed E-state index contributed by atoms with van der Waals surface area (Å²) in [6, 6.07) is 7.05. The SMILES string of the molecule is CCOC(=O)N1CCC(NC(=O)[C@@H]2CC(=O)N(c3ccc(Cl)cc3)C2)CC1. The molecule has 0 unspecified atom stereocenters. The van der Waals surface area contributed by atoms with E-state index >= 15 is 0 Å². The van der Waals surface area contributed by atoms with Crippen LogP contribution >= 0.6 is 11.6 Å². The molecule has 1 atom stereocenters. The lowest BCUT2D eigenvalue weighted by molar-refractivity contribution is -0.127. The minimum absolute atomic E-state index is 0.0165. The van der Waals surface area contributed by atoms with Crippen LogP contribution in [0.25, 0.3) is 0 Å². The summed E-state index contributed by atoms with van der Waals surface area (Å²) >= 11 is 5.89. The Hall–Kier alpha value is -2.28. The number of amides is 3. The maximum Gasteiger partial charge on any atom is 0.409 e. The third kappa shape index (κ3) is 4.71. The fourth-order valence-corrected chi connectivity index (χ4v) is 3.62. The first-order valence-electron chi connectivity index (χ1n) is 9.26. The van der Waals surface area contributed by atoms with E-state index in [0.717, 1.165) is 5.69 Å². The molecule has 27 heavy (non-hydrogen) atoms. The molecule has 0 spiro atoms. The van der Waals surface area contributed by atoms with E-state index in [1.54, 1.807) is 41.0 Å². The number of likely N-dealkylation sites (tertiary alicyclic amines) is 1. The fraction of sp³-hybridized carbons (Fsp3) is 0.526. The molecule has 7 nitrogen and oxygen atoms in total. The highest BCUT2D eigenvalue weighted by Gasteiger charge is 2.36. The molecule has 146 valence electrons. The predicted octanol–water partition coefficient (Wildman–Crippen LogP) is 2.43. The van der Waals surface area contributed by atoms with Crippen molar-refractivity contribution in [3.05, 3.63) is 29.3 Å². The Kier molecular flexibility index (Phi) is 6.21. The molecule has 3 rings (SSSR count). The number of carbonyl (C=O) groups is 3. The van der Waals surface area contributed by atoms with Gasteiger partial charge < -0.3 is 19.9 Å². The molecule has 1 aromatic carbocycles. The molecule has 0 bridgehead atoms. The van der Waals surface area contributed by atoms with Crippen LogP contribution in [0.4, 0.5) is 10.5 Å². The van der Waals surface area contributed by atoms with Crippen LogP contribution in [-0.2, 0) is 14.3 Å². The molecule has 0 saturated carbocycles. The van der Waals surface area contributed by atoms with Gasteiger partial charge in [-0.3, -0.25) is 9.59 Å². The standard InChI is InChI=1S/C19H24ClN3O4/c1-2-27-19(26)22-9-7-15(8-10-22)21-18(25)13-11-17(24)23(12-13)16-5-3-14(20)4-6-16/h3-6,13,15H,2,7-12H2,1H3,(H,21,25)/t13-/m1/s1. The van der Waals surface area contributed by atoms with Crippen LogP contribution in [0.3, 0.4) is 0 Å². The van der Waals surface area contributed by atoms with Gasteiger partial charge in [-0.2, -0.15) is 0 Å². The van der Waals surface area contributed by atoms with E-state index in [9.17, 15) is 14.4 Å². The van der Waals surface area contributed by atoms with Gasteiger partial charge in [0.2, 0.25) is 11.8 Å². The summed E-state index contributed by atoms with van der Waals surface area (Å²) in [4.78, 5) is 39.9. The highest BCUT2D eigenvalue weighted by atomic mass is 35.5. The Morgan fingerprint density at radius 2 is 1.89 bits per heavy atom. The lowest BCUT2D eigenvalue weighted by Gasteiger charge is -2.32. The van der Waals surface area contributed by atoms with Crippen LogP contribution in [0.15, 0.2) is 24.3 Å². The molecule has 2 fully saturated rings. The van der Waals surface area contributed by atoms with Crippen LogP contribution < -0.4 is 10.2 Å². The van der Waals surface area contributed by atoms with Crippen molar-refractivity contribution in [2.75, 3.05) is 31.1 Å². The van der Waals surface area contributed by atoms with Crippen LogP contribution in [0.1, 0.15) is 26.2 Å². The molecule has 0 radical (unpaired) electrons. The smallest absolute Gasteiger partial charge is 0.409 e. The van der Waals surface area contributed by atoms with E-state index in [2.05, 4.69) is 5.32 Å². The molecular formula is C19H24ClN3O4. The second-order valence-corrected chi connectivity index (χ2v) is 7.29. The van der Waals surface area contributed by atoms with E-state index in [1.165, 1.54) is 0 Å². The Morgan fingerprint density at radius 1 is 1.22 bits per heavy atom. The normalized spacial score (nSPS) is 20.7. The Morgan fingerprint density at radius 3 is 2.52 bits per heavy atom. The van der Waals surface area contributed by atoms with Crippen molar-refractivity contribution in [1.82, 2.24) is 10.2 Å². The molecule has 1 aromatic rings. The highest BCUT2D eigenvalue weighted by molar-refractivity contribution is 6.30. The van der Waals surface area contributed by atoms with E-state index in [4.69, 9.17) is 16.3 Å². The fourth-order valence-electron chi connectivity index (χ4n) is 3.49. The number of nitrogens with zero attached hydrogens (tertiary/aromatic N) is 2. The summed E-state index contributed by atoms with van der Waals surface area (Å²) in [5, 5.41) is 3.64. The zero-order valence-corrected chi connectivity index (χ0v) is 16.1. The van der Waals surface area contributed by atoms with Gasteiger partial charge in [0.25, 0.3) is 0 Å². The number of ether oxygens (including phenoxy) is 1. The molecular weight excluding hydrogens is 370 g/mol. The summed E-state index contributed by atoms with van der Waals surface area (Å²) in [5.74, 6) is -0.528. The molecule has 2 heterocycles. The van der Waals surface area contributed by atoms with Crippen LogP contribution in [0.2, 0.25) is 5.02 Å². The van der Waals surface area contributed by atoms with Gasteiger partial charge in [0.05, 0.1) is 12.5 Å². The summed E-state index contributed by atoms with van der Waals surface area (Å²) in [7, 11) is 0. The van der Waals surface area contributed by atoms with Gasteiger partial charge >= 0.3 is 6.09 Å². The number of hydrogen-bond acceptors (Lipinski definition) is 4. The third-order valence-electron chi connectivity index (χ3n) is 5.00. The summed E-state index contributed by atoms with van der Waals surface area (Å²) in [6.07, 6.45) is 1.27. The van der Waals surface area contributed by atoms with Crippen molar-refractivity contribution in [1.29, 1.82) is 0 Å². The first-order chi connectivity index (χ1) is 13.0. The maximum atomic E-state index is 12.6. The summed E-state index contributed by atoms with van der Waals surface area (Å²) in [6.45, 7) is 3.62. The van der Waals surface area contributed by atoms with Crippen molar-refractivity contribution < 1.29 is 19.1 Å². The third-order valence-corrected chi connectivity index (χ3v) is 5.25. The molecule has 2 aliphatic heterocycles. The largest absolute Gasteiger partial charge is 0.450 e. The van der Waals surface area contributed by atoms with Crippen molar-refractivity contribution in [2.24, 2.45) is 5.92 Å². The average molecular weight is 394 g/mol. The number of carbonyl (C=O) groups excluding carboxylic acids is 3. The number of anilines is 1. The highest BCUT2D eigenvalue weighted by Crippen LogP contribution is 2.26. The second kappa shape index (κ2) is 8.61. The van der Waals surface area contributed by atoms with Gasteiger partial charge in [-0.25, -0.2) is 4.79 Å². The lowest BCUT2D eigenvalue weighted by Crippen LogP contribution is -2.48. The molecule has 2 saturated heterocycles. The monoisotopic (exact) mass is 393 g/mol. The molecule has 8 heteroatoms. The lowest BCUT2D eigenvalue weighted by atomic mass is 10.0. The van der Waals surface area contributed by atoms with Crippen molar-refractivity contribution in [3.8, 4) is 0 Å². The first kappa shape index (κ1) is 19.5. The van der Waals surface area contributed by atoms with Gasteiger partial charge in [-0.05, 0) is 44.0 Å². The Balaban J connectivity index is 1.50. The Labute approximate surface area is 163 Å². The molecule has 3 amide bonds. The summed E-state index contributed by atoms with van der Waals surface area (Å²) in [5.41, 5.74) is 0.752. The molecule has 0 aromatic heterocycles. The van der Waals surface area contributed by atoms with Crippen molar-refractivity contribution in [2.45, 2.75) is 32.2 Å². The number of halogens is 1. The quantitative estimate of drug-likeness (QED) is 0.852. The van der Waals surface area contributed by atoms with Crippen LogP contribution in [0.5, 0.6) is 0 Å². The second-order valence-electron chi connectivity index (χ2n) is 6.85. The van der Waals surface area contributed by atoms with E-state index < -0.39 is 0 Å². The first-order valence-corrected chi connectivity index (χ1v) is 9.63. The van der Waals surface area contributed by atoms with Gasteiger partial charge in [0, 0.05) is 42.8 Å². The van der Waals surface area contributed by atoms with Gasteiger partial charge in [-0.1, -0.05) is 11.6 Å². The maximum absolute atomic E-state index is 12.6. The number of benzene rings is 1. The minimum Gasteiger partial charge on any atom is -0.450 e. The van der Waals surface area contributed by atoms with E-state index in [1.807, 2.05) is 0 Å². The number of hydrogen-bond donors (Lipinski definition) is 1. The van der Waals surface area contributed by atoms with E-state index in [-0.39, 0.29) is 36.3 Å². The van der Waals surface area contributed by atoms with Gasteiger partial charge in [0.15, 0.2) is 0 Å². The minimum atomic E-state index is -0.365. The molecule has 2 aliphatic rings. The van der Waals surface area contributed by atoms with Crippen molar-refractivity contribution in [3.63, 3.8) is 0 Å². The average Bonchev–Trinajstić information content (AvgIpc) is 3.05. The molecule has 1 N–H and O–H groups in total. The Bertz CT molecular complexity index is 701. The number of piperidine rings is 1. The summed E-state index contributed by atoms with van der Waals surface area (Å²) < 4.78 is 5.00. The van der Waals surface area contributed by atoms with Crippen LogP contribution in [-0.4, -0.2) is 55.1 Å². The van der Waals surface area contributed by atoms with E-state index in [0.29, 0.717) is 44.1 Å². The van der Waals surface area contributed by atoms with Gasteiger partial charge in [-0.15, -0.1) is 0 Å². The van der Waals surface area contributed by atoms with Crippen molar-refractivity contribution >= 4 is 35.2 Å². The molecule has 0 aliphatic carbocycles. The topological polar surface area (TPSA) is 79.0 Å². The van der Waals surface area contributed by atoms with Gasteiger partial charge in [0.1, 0.15) is 0 Å². The zero-order valence-electron chi connectivity index (χ0n) is 15.3. The number of rotatable bonds is 4. The number of nitrogens with one attached hydrogen (secondary N) is 1. The van der Waals surface area contributed by atoms with Crippen LogP contribution in [0, 0.1) is 5.92 Å².